The van der Waals surface area contributed by atoms with Crippen LogP contribution in [0.15, 0.2) is 18.2 Å². The van der Waals surface area contributed by atoms with E-state index in [1.54, 1.807) is 6.07 Å². The van der Waals surface area contributed by atoms with Gasteiger partial charge in [-0.05, 0) is 26.8 Å². The quantitative estimate of drug-likeness (QED) is 0.699. The molecule has 0 bridgehead atoms. The molecule has 0 aliphatic rings. The zero-order chi connectivity index (χ0) is 14.5. The number of hydrogen-bond acceptors (Lipinski definition) is 4. The molecule has 0 saturated carbocycles. The van der Waals surface area contributed by atoms with Crippen molar-refractivity contribution in [2.75, 3.05) is 6.61 Å². The Morgan fingerprint density at radius 1 is 1.47 bits per heavy atom. The molecule has 1 rings (SSSR count). The van der Waals surface area contributed by atoms with E-state index in [2.05, 4.69) is 5.32 Å². The van der Waals surface area contributed by atoms with Crippen molar-refractivity contribution in [2.45, 2.75) is 39.3 Å². The Bertz CT molecular complexity index is 444. The number of ether oxygens (including phenoxy) is 1. The third-order valence-corrected chi connectivity index (χ3v) is 2.76. The number of para-hydroxylation sites is 1. The van der Waals surface area contributed by atoms with Crippen molar-refractivity contribution < 1.29 is 14.6 Å². The maximum atomic E-state index is 10.9. The minimum atomic E-state index is -0.417. The molecule has 5 heteroatoms. The predicted octanol–water partition coefficient (Wildman–Crippen LogP) is 1.53. The molecular formula is C14H22N2O3. The zero-order valence-electron chi connectivity index (χ0n) is 11.7. The highest BCUT2D eigenvalue weighted by molar-refractivity contribution is 5.75. The van der Waals surface area contributed by atoms with E-state index >= 15 is 0 Å². The minimum Gasteiger partial charge on any atom is -0.504 e. The van der Waals surface area contributed by atoms with Gasteiger partial charge in [-0.2, -0.15) is 0 Å². The van der Waals surface area contributed by atoms with Crippen molar-refractivity contribution >= 4 is 5.91 Å². The first-order valence-corrected chi connectivity index (χ1v) is 6.32. The molecule has 0 aliphatic carbocycles. The molecule has 0 radical (unpaired) electrons. The summed E-state index contributed by atoms with van der Waals surface area (Å²) in [4.78, 5) is 10.9. The molecule has 0 aliphatic heterocycles. The van der Waals surface area contributed by atoms with Crippen molar-refractivity contribution in [2.24, 2.45) is 5.73 Å². The van der Waals surface area contributed by atoms with Gasteiger partial charge in [-0.15, -0.1) is 0 Å². The smallest absolute Gasteiger partial charge is 0.219 e. The van der Waals surface area contributed by atoms with Crippen LogP contribution in [0.25, 0.3) is 0 Å². The summed E-state index contributed by atoms with van der Waals surface area (Å²) < 4.78 is 5.32. The van der Waals surface area contributed by atoms with E-state index < -0.39 is 5.54 Å². The standard InChI is InChI=1S/C14H22N2O3/c1-4-19-11-7-5-6-10(13(11)18)9-16-14(2,3)8-12(15)17/h5-7,16,18H,4,8-9H2,1-3H3,(H2,15,17). The summed E-state index contributed by atoms with van der Waals surface area (Å²) in [5.41, 5.74) is 5.50. The fourth-order valence-electron chi connectivity index (χ4n) is 1.81. The molecule has 0 aromatic heterocycles. The van der Waals surface area contributed by atoms with Crippen LogP contribution in [0.5, 0.6) is 11.5 Å². The number of phenolic OH excluding ortho intramolecular Hbond substituents is 1. The number of phenols is 1. The van der Waals surface area contributed by atoms with E-state index in [-0.39, 0.29) is 18.1 Å². The normalized spacial score (nSPS) is 11.3. The van der Waals surface area contributed by atoms with Gasteiger partial charge in [-0.1, -0.05) is 12.1 Å². The van der Waals surface area contributed by atoms with Gasteiger partial charge in [0.25, 0.3) is 0 Å². The second-order valence-electron chi connectivity index (χ2n) is 5.08. The third-order valence-electron chi connectivity index (χ3n) is 2.76. The van der Waals surface area contributed by atoms with Crippen LogP contribution in [0.3, 0.4) is 0 Å². The molecule has 0 saturated heterocycles. The molecule has 0 unspecified atom stereocenters. The highest BCUT2D eigenvalue weighted by atomic mass is 16.5. The number of aromatic hydroxyl groups is 1. The van der Waals surface area contributed by atoms with E-state index in [0.717, 1.165) is 5.56 Å². The number of nitrogens with one attached hydrogen (secondary N) is 1. The van der Waals surface area contributed by atoms with Crippen LogP contribution in [-0.4, -0.2) is 23.2 Å². The Morgan fingerprint density at radius 3 is 2.74 bits per heavy atom. The summed E-state index contributed by atoms with van der Waals surface area (Å²) in [6.07, 6.45) is 0.235. The lowest BCUT2D eigenvalue weighted by atomic mass is 9.99. The molecule has 1 aromatic carbocycles. The Kier molecular flexibility index (Phi) is 5.18. The number of nitrogens with two attached hydrogens (primary N) is 1. The van der Waals surface area contributed by atoms with Crippen molar-refractivity contribution in [3.8, 4) is 11.5 Å². The summed E-state index contributed by atoms with van der Waals surface area (Å²) in [5, 5.41) is 13.2. The van der Waals surface area contributed by atoms with Gasteiger partial charge in [0.05, 0.1) is 6.61 Å². The third kappa shape index (κ3) is 4.79. The summed E-state index contributed by atoms with van der Waals surface area (Å²) in [5.74, 6) is 0.242. The van der Waals surface area contributed by atoms with Crippen molar-refractivity contribution in [3.63, 3.8) is 0 Å². The predicted molar refractivity (Wildman–Crippen MR) is 74.0 cm³/mol. The molecule has 1 amide bonds. The first-order valence-electron chi connectivity index (χ1n) is 6.32. The van der Waals surface area contributed by atoms with Crippen LogP contribution < -0.4 is 15.8 Å². The fraction of sp³-hybridized carbons (Fsp3) is 0.500. The molecule has 106 valence electrons. The van der Waals surface area contributed by atoms with Crippen molar-refractivity contribution in [3.05, 3.63) is 23.8 Å². The molecular weight excluding hydrogens is 244 g/mol. The van der Waals surface area contributed by atoms with Crippen LogP contribution >= 0.6 is 0 Å². The van der Waals surface area contributed by atoms with Crippen LogP contribution in [0.4, 0.5) is 0 Å². The van der Waals surface area contributed by atoms with Gasteiger partial charge in [0.15, 0.2) is 11.5 Å². The minimum absolute atomic E-state index is 0.131. The first-order chi connectivity index (χ1) is 8.85. The lowest BCUT2D eigenvalue weighted by Gasteiger charge is -2.25. The monoisotopic (exact) mass is 266 g/mol. The SMILES string of the molecule is CCOc1cccc(CNC(C)(C)CC(N)=O)c1O. The second kappa shape index (κ2) is 6.43. The van der Waals surface area contributed by atoms with Gasteiger partial charge in [-0.3, -0.25) is 4.79 Å². The van der Waals surface area contributed by atoms with E-state index in [4.69, 9.17) is 10.5 Å². The summed E-state index contributed by atoms with van der Waals surface area (Å²) in [7, 11) is 0. The molecule has 0 fully saturated rings. The lowest BCUT2D eigenvalue weighted by molar-refractivity contribution is -0.119. The van der Waals surface area contributed by atoms with Crippen LogP contribution in [-0.2, 0) is 11.3 Å². The summed E-state index contributed by atoms with van der Waals surface area (Å²) in [6.45, 7) is 6.58. The Morgan fingerprint density at radius 2 is 2.16 bits per heavy atom. The van der Waals surface area contributed by atoms with E-state index in [0.29, 0.717) is 18.9 Å². The average Bonchev–Trinajstić information content (AvgIpc) is 2.29. The Balaban J connectivity index is 2.72. The molecule has 0 atom stereocenters. The summed E-state index contributed by atoms with van der Waals surface area (Å²) in [6, 6.07) is 5.35. The lowest BCUT2D eigenvalue weighted by Crippen LogP contribution is -2.42. The first kappa shape index (κ1) is 15.3. The van der Waals surface area contributed by atoms with Crippen LogP contribution in [0, 0.1) is 0 Å². The van der Waals surface area contributed by atoms with Gasteiger partial charge >= 0.3 is 0 Å². The van der Waals surface area contributed by atoms with E-state index in [1.807, 2.05) is 32.9 Å². The molecule has 0 heterocycles. The number of benzene rings is 1. The van der Waals surface area contributed by atoms with E-state index in [1.165, 1.54) is 0 Å². The van der Waals surface area contributed by atoms with Gasteiger partial charge < -0.3 is 20.9 Å². The molecule has 5 nitrogen and oxygen atoms in total. The van der Waals surface area contributed by atoms with Gasteiger partial charge in [0, 0.05) is 24.1 Å². The highest BCUT2D eigenvalue weighted by Gasteiger charge is 2.20. The second-order valence-corrected chi connectivity index (χ2v) is 5.08. The number of amides is 1. The average molecular weight is 266 g/mol. The molecule has 19 heavy (non-hydrogen) atoms. The number of hydrogen-bond donors (Lipinski definition) is 3. The molecule has 1 aromatic rings. The van der Waals surface area contributed by atoms with Gasteiger partial charge in [-0.25, -0.2) is 0 Å². The number of carbonyl (C=O) groups excluding carboxylic acids is 1. The number of rotatable bonds is 7. The number of carbonyl (C=O) groups is 1. The number of primary amides is 1. The van der Waals surface area contributed by atoms with Crippen LogP contribution in [0.1, 0.15) is 32.8 Å². The summed E-state index contributed by atoms with van der Waals surface area (Å²) >= 11 is 0. The Hall–Kier alpha value is -1.75. The van der Waals surface area contributed by atoms with Gasteiger partial charge in [0.2, 0.25) is 5.91 Å². The highest BCUT2D eigenvalue weighted by Crippen LogP contribution is 2.30. The maximum absolute atomic E-state index is 10.9. The van der Waals surface area contributed by atoms with Gasteiger partial charge in [0.1, 0.15) is 0 Å². The topological polar surface area (TPSA) is 84.6 Å². The fourth-order valence-corrected chi connectivity index (χ4v) is 1.81. The molecule has 0 spiro atoms. The Labute approximate surface area is 113 Å². The largest absolute Gasteiger partial charge is 0.504 e. The zero-order valence-corrected chi connectivity index (χ0v) is 11.7. The van der Waals surface area contributed by atoms with E-state index in [9.17, 15) is 9.90 Å². The van der Waals surface area contributed by atoms with Crippen molar-refractivity contribution in [1.82, 2.24) is 5.32 Å². The van der Waals surface area contributed by atoms with Crippen molar-refractivity contribution in [1.29, 1.82) is 0 Å². The molecule has 4 N–H and O–H groups in total. The van der Waals surface area contributed by atoms with Crippen LogP contribution in [0.2, 0.25) is 0 Å². The maximum Gasteiger partial charge on any atom is 0.219 e.